The summed E-state index contributed by atoms with van der Waals surface area (Å²) in [5, 5.41) is 14.8. The zero-order chi connectivity index (χ0) is 14.8. The number of nitrogen functional groups attached to an aromatic ring is 1. The number of hydrogen-bond acceptors (Lipinski definition) is 5. The quantitative estimate of drug-likeness (QED) is 0.585. The van der Waals surface area contributed by atoms with Gasteiger partial charge in [0.2, 0.25) is 5.88 Å². The summed E-state index contributed by atoms with van der Waals surface area (Å²) in [5.41, 5.74) is 8.39. The maximum absolute atomic E-state index is 10.9. The number of hydrogen-bond donors (Lipinski definition) is 1. The van der Waals surface area contributed by atoms with E-state index in [9.17, 15) is 10.1 Å². The highest BCUT2D eigenvalue weighted by Gasteiger charge is 2.18. The van der Waals surface area contributed by atoms with Crippen LogP contribution in [0, 0.1) is 10.1 Å². The molecule has 0 aliphatic rings. The smallest absolute Gasteiger partial charge is 0.270 e. The van der Waals surface area contributed by atoms with Crippen LogP contribution in [0.2, 0.25) is 0 Å². The maximum Gasteiger partial charge on any atom is 0.270 e. The molecule has 0 saturated carbocycles. The Morgan fingerprint density at radius 2 is 1.76 bits per heavy atom. The first-order valence-corrected chi connectivity index (χ1v) is 6.22. The molecule has 3 aromatic rings. The van der Waals surface area contributed by atoms with Crippen molar-refractivity contribution in [3.63, 3.8) is 0 Å². The molecule has 3 rings (SSSR count). The van der Waals surface area contributed by atoms with Crippen molar-refractivity contribution in [1.82, 2.24) is 5.16 Å². The molecule has 0 amide bonds. The molecule has 0 radical (unpaired) electrons. The lowest BCUT2D eigenvalue weighted by molar-refractivity contribution is -0.384. The Morgan fingerprint density at radius 1 is 1.05 bits per heavy atom. The molecule has 0 unspecified atom stereocenters. The Bertz CT molecular complexity index is 797. The first kappa shape index (κ1) is 12.9. The zero-order valence-corrected chi connectivity index (χ0v) is 10.9. The Kier molecular flexibility index (Phi) is 3.12. The molecule has 1 aromatic heterocycles. The van der Waals surface area contributed by atoms with E-state index in [2.05, 4.69) is 5.16 Å². The van der Waals surface area contributed by atoms with Gasteiger partial charge in [0.1, 0.15) is 5.69 Å². The van der Waals surface area contributed by atoms with E-state index in [4.69, 9.17) is 10.3 Å². The molecule has 0 bridgehead atoms. The summed E-state index contributed by atoms with van der Waals surface area (Å²) in [6, 6.07) is 15.6. The SMILES string of the molecule is Nc1onc(-c2cccc([N+](=O)[O-])c2)c1-c1ccccc1. The van der Waals surface area contributed by atoms with Gasteiger partial charge in [-0.05, 0) is 5.56 Å². The van der Waals surface area contributed by atoms with Crippen LogP contribution in [0.1, 0.15) is 0 Å². The van der Waals surface area contributed by atoms with Crippen molar-refractivity contribution in [2.24, 2.45) is 0 Å². The molecule has 0 spiro atoms. The average molecular weight is 281 g/mol. The van der Waals surface area contributed by atoms with E-state index in [1.54, 1.807) is 12.1 Å². The largest absolute Gasteiger partial charge is 0.367 e. The molecule has 6 heteroatoms. The van der Waals surface area contributed by atoms with Crippen molar-refractivity contribution in [3.8, 4) is 22.4 Å². The molecule has 0 aliphatic carbocycles. The van der Waals surface area contributed by atoms with Gasteiger partial charge < -0.3 is 10.3 Å². The molecule has 6 nitrogen and oxygen atoms in total. The maximum atomic E-state index is 10.9. The molecular formula is C15H11N3O3. The molecule has 0 fully saturated rings. The third-order valence-electron chi connectivity index (χ3n) is 3.11. The normalized spacial score (nSPS) is 10.5. The molecule has 1 heterocycles. The number of nitrogens with zero attached hydrogens (tertiary/aromatic N) is 2. The fourth-order valence-electron chi connectivity index (χ4n) is 2.15. The summed E-state index contributed by atoms with van der Waals surface area (Å²) >= 11 is 0. The van der Waals surface area contributed by atoms with Gasteiger partial charge in [0.05, 0.1) is 10.5 Å². The molecule has 2 aromatic carbocycles. The van der Waals surface area contributed by atoms with Crippen molar-refractivity contribution < 1.29 is 9.45 Å². The Morgan fingerprint density at radius 3 is 2.48 bits per heavy atom. The summed E-state index contributed by atoms with van der Waals surface area (Å²) in [4.78, 5) is 10.4. The van der Waals surface area contributed by atoms with Gasteiger partial charge in [-0.3, -0.25) is 10.1 Å². The van der Waals surface area contributed by atoms with Crippen molar-refractivity contribution in [3.05, 3.63) is 64.7 Å². The standard InChI is InChI=1S/C15H11N3O3/c16-15-13(10-5-2-1-3-6-10)14(17-21-15)11-7-4-8-12(9-11)18(19)20/h1-9H,16H2. The van der Waals surface area contributed by atoms with Gasteiger partial charge in [0.15, 0.2) is 0 Å². The lowest BCUT2D eigenvalue weighted by Crippen LogP contribution is -1.90. The van der Waals surface area contributed by atoms with Crippen LogP contribution in [0.25, 0.3) is 22.4 Å². The second-order valence-corrected chi connectivity index (χ2v) is 4.44. The number of nitro benzene ring substituents is 1. The third kappa shape index (κ3) is 2.34. The van der Waals surface area contributed by atoms with Crippen molar-refractivity contribution >= 4 is 11.6 Å². The van der Waals surface area contributed by atoms with Gasteiger partial charge in [0, 0.05) is 17.7 Å². The number of non-ortho nitro benzene ring substituents is 1. The van der Waals surface area contributed by atoms with E-state index in [-0.39, 0.29) is 11.6 Å². The topological polar surface area (TPSA) is 95.2 Å². The average Bonchev–Trinajstić information content (AvgIpc) is 2.90. The Hall–Kier alpha value is -3.15. The highest BCUT2D eigenvalue weighted by molar-refractivity contribution is 5.87. The predicted molar refractivity (Wildman–Crippen MR) is 78.4 cm³/mol. The molecule has 2 N–H and O–H groups in total. The predicted octanol–water partition coefficient (Wildman–Crippen LogP) is 3.50. The van der Waals surface area contributed by atoms with Crippen LogP contribution in [0.3, 0.4) is 0 Å². The van der Waals surface area contributed by atoms with E-state index in [1.165, 1.54) is 12.1 Å². The van der Waals surface area contributed by atoms with Gasteiger partial charge in [-0.1, -0.05) is 47.6 Å². The van der Waals surface area contributed by atoms with Crippen molar-refractivity contribution in [2.45, 2.75) is 0 Å². The van der Waals surface area contributed by atoms with Gasteiger partial charge in [-0.2, -0.15) is 0 Å². The summed E-state index contributed by atoms with van der Waals surface area (Å²) in [7, 11) is 0. The Balaban J connectivity index is 2.17. The number of benzene rings is 2. The van der Waals surface area contributed by atoms with E-state index < -0.39 is 4.92 Å². The van der Waals surface area contributed by atoms with Crippen LogP contribution in [0.4, 0.5) is 11.6 Å². The van der Waals surface area contributed by atoms with Crippen LogP contribution in [-0.2, 0) is 0 Å². The molecule has 0 saturated heterocycles. The molecular weight excluding hydrogens is 270 g/mol. The van der Waals surface area contributed by atoms with Crippen molar-refractivity contribution in [1.29, 1.82) is 0 Å². The highest BCUT2D eigenvalue weighted by atomic mass is 16.6. The third-order valence-corrected chi connectivity index (χ3v) is 3.11. The van der Waals surface area contributed by atoms with E-state index in [0.717, 1.165) is 5.56 Å². The number of rotatable bonds is 3. The van der Waals surface area contributed by atoms with Crippen LogP contribution in [-0.4, -0.2) is 10.1 Å². The Labute approximate surface area is 120 Å². The second-order valence-electron chi connectivity index (χ2n) is 4.44. The van der Waals surface area contributed by atoms with E-state index in [0.29, 0.717) is 16.8 Å². The lowest BCUT2D eigenvalue weighted by atomic mass is 10.0. The van der Waals surface area contributed by atoms with Gasteiger partial charge >= 0.3 is 0 Å². The summed E-state index contributed by atoms with van der Waals surface area (Å²) in [5.74, 6) is 0.183. The fourth-order valence-corrected chi connectivity index (χ4v) is 2.15. The number of nitro groups is 1. The van der Waals surface area contributed by atoms with Crippen LogP contribution < -0.4 is 5.73 Å². The molecule has 0 aliphatic heterocycles. The minimum absolute atomic E-state index is 0.00640. The van der Waals surface area contributed by atoms with Crippen molar-refractivity contribution in [2.75, 3.05) is 5.73 Å². The van der Waals surface area contributed by atoms with Crippen LogP contribution >= 0.6 is 0 Å². The monoisotopic (exact) mass is 281 g/mol. The van der Waals surface area contributed by atoms with E-state index >= 15 is 0 Å². The van der Waals surface area contributed by atoms with Crippen LogP contribution in [0.15, 0.2) is 59.1 Å². The fraction of sp³-hybridized carbons (Fsp3) is 0. The van der Waals surface area contributed by atoms with Gasteiger partial charge in [0.25, 0.3) is 5.69 Å². The minimum Gasteiger partial charge on any atom is -0.367 e. The number of aromatic nitrogens is 1. The van der Waals surface area contributed by atoms with Gasteiger partial charge in [-0.25, -0.2) is 0 Å². The summed E-state index contributed by atoms with van der Waals surface area (Å²) < 4.78 is 5.06. The number of nitrogens with two attached hydrogens (primary N) is 1. The lowest BCUT2D eigenvalue weighted by Gasteiger charge is -2.02. The number of anilines is 1. The van der Waals surface area contributed by atoms with E-state index in [1.807, 2.05) is 30.3 Å². The summed E-state index contributed by atoms with van der Waals surface area (Å²) in [6.07, 6.45) is 0. The molecule has 21 heavy (non-hydrogen) atoms. The molecule has 0 atom stereocenters. The van der Waals surface area contributed by atoms with Crippen LogP contribution in [0.5, 0.6) is 0 Å². The molecule has 104 valence electrons. The first-order chi connectivity index (χ1) is 10.2. The van der Waals surface area contributed by atoms with Gasteiger partial charge in [-0.15, -0.1) is 0 Å². The second kappa shape index (κ2) is 5.09. The zero-order valence-electron chi connectivity index (χ0n) is 10.9. The summed E-state index contributed by atoms with van der Waals surface area (Å²) in [6.45, 7) is 0. The first-order valence-electron chi connectivity index (χ1n) is 6.22. The highest BCUT2D eigenvalue weighted by Crippen LogP contribution is 2.36. The minimum atomic E-state index is -0.449.